The molecule has 0 unspecified atom stereocenters. The van der Waals surface area contributed by atoms with Crippen molar-refractivity contribution in [3.63, 3.8) is 0 Å². The highest BCUT2D eigenvalue weighted by atomic mass is 16.6. The van der Waals surface area contributed by atoms with Crippen molar-refractivity contribution in [3.05, 3.63) is 40.0 Å². The van der Waals surface area contributed by atoms with Gasteiger partial charge in [-0.2, -0.15) is 0 Å². The molecular weight excluding hydrogens is 214 g/mol. The normalized spacial score (nSPS) is 10.3. The lowest BCUT2D eigenvalue weighted by atomic mass is 10.1. The number of methoxy groups -OCH3 is 1. The van der Waals surface area contributed by atoms with Crippen molar-refractivity contribution in [1.82, 2.24) is 0 Å². The van der Waals surface area contributed by atoms with Crippen LogP contribution in [-0.4, -0.2) is 23.1 Å². The zero-order valence-electron chi connectivity index (χ0n) is 8.41. The van der Waals surface area contributed by atoms with Gasteiger partial charge in [0.25, 0.3) is 5.69 Å². The second kappa shape index (κ2) is 4.92. The number of carbonyl (C=O) groups is 1. The Hall–Kier alpha value is -2.37. The smallest absolute Gasteiger partial charge is 0.328 e. The molecule has 0 aliphatic rings. The van der Waals surface area contributed by atoms with Crippen molar-refractivity contribution in [2.75, 3.05) is 7.11 Å². The largest absolute Gasteiger partial charge is 0.497 e. The molecule has 0 fully saturated rings. The highest BCUT2D eigenvalue weighted by Crippen LogP contribution is 2.24. The second-order valence-corrected chi connectivity index (χ2v) is 2.85. The maximum Gasteiger partial charge on any atom is 0.328 e. The minimum atomic E-state index is -1.17. The minimum absolute atomic E-state index is 0.168. The van der Waals surface area contributed by atoms with Crippen molar-refractivity contribution in [3.8, 4) is 5.75 Å². The summed E-state index contributed by atoms with van der Waals surface area (Å²) >= 11 is 0. The summed E-state index contributed by atoms with van der Waals surface area (Å²) in [7, 11) is 1.42. The average molecular weight is 223 g/mol. The van der Waals surface area contributed by atoms with E-state index in [-0.39, 0.29) is 11.3 Å². The molecule has 84 valence electrons. The summed E-state index contributed by atoms with van der Waals surface area (Å²) in [6, 6.07) is 4.11. The van der Waals surface area contributed by atoms with Gasteiger partial charge in [-0.15, -0.1) is 0 Å². The fourth-order valence-electron chi connectivity index (χ4n) is 1.12. The van der Waals surface area contributed by atoms with Crippen molar-refractivity contribution in [2.45, 2.75) is 0 Å². The average Bonchev–Trinajstić information content (AvgIpc) is 2.25. The van der Waals surface area contributed by atoms with Crippen LogP contribution in [0.2, 0.25) is 0 Å². The molecule has 0 radical (unpaired) electrons. The summed E-state index contributed by atoms with van der Waals surface area (Å²) in [5.41, 5.74) is 0.0186. The summed E-state index contributed by atoms with van der Waals surface area (Å²) in [4.78, 5) is 20.4. The van der Waals surface area contributed by atoms with Gasteiger partial charge in [0.1, 0.15) is 5.75 Å². The first kappa shape index (κ1) is 11.7. The van der Waals surface area contributed by atoms with E-state index in [1.54, 1.807) is 0 Å². The molecule has 0 spiro atoms. The molecule has 0 aliphatic heterocycles. The molecular formula is C10H9NO5. The molecule has 0 saturated heterocycles. The summed E-state index contributed by atoms with van der Waals surface area (Å²) in [5.74, 6) is -0.743. The van der Waals surface area contributed by atoms with Gasteiger partial charge in [-0.05, 0) is 18.2 Å². The number of carboxylic acid groups (broad SMARTS) is 1. The number of nitro benzene ring substituents is 1. The van der Waals surface area contributed by atoms with E-state index in [4.69, 9.17) is 9.84 Å². The lowest BCUT2D eigenvalue weighted by molar-refractivity contribution is -0.385. The Morgan fingerprint density at radius 2 is 2.25 bits per heavy atom. The Morgan fingerprint density at radius 1 is 1.56 bits per heavy atom. The van der Waals surface area contributed by atoms with Crippen molar-refractivity contribution >= 4 is 17.7 Å². The predicted octanol–water partition coefficient (Wildman–Crippen LogP) is 1.70. The van der Waals surface area contributed by atoms with E-state index in [0.717, 1.165) is 12.2 Å². The maximum atomic E-state index is 10.6. The van der Waals surface area contributed by atoms with Crippen LogP contribution in [0.3, 0.4) is 0 Å². The Morgan fingerprint density at radius 3 is 2.75 bits per heavy atom. The fourth-order valence-corrected chi connectivity index (χ4v) is 1.12. The van der Waals surface area contributed by atoms with E-state index in [9.17, 15) is 14.9 Å². The van der Waals surface area contributed by atoms with Crippen LogP contribution in [0.1, 0.15) is 5.56 Å². The predicted molar refractivity (Wildman–Crippen MR) is 56.3 cm³/mol. The number of nitro groups is 1. The monoisotopic (exact) mass is 223 g/mol. The SMILES string of the molecule is COc1ccc([N+](=O)[O-])c(C=CC(=O)O)c1. The zero-order chi connectivity index (χ0) is 12.1. The van der Waals surface area contributed by atoms with Crippen LogP contribution in [0.5, 0.6) is 5.75 Å². The molecule has 1 rings (SSSR count). The number of ether oxygens (including phenoxy) is 1. The van der Waals surface area contributed by atoms with Gasteiger partial charge >= 0.3 is 5.97 Å². The quantitative estimate of drug-likeness (QED) is 0.476. The number of benzene rings is 1. The van der Waals surface area contributed by atoms with Crippen molar-refractivity contribution < 1.29 is 19.6 Å². The molecule has 0 aromatic heterocycles. The van der Waals surface area contributed by atoms with E-state index in [1.165, 1.54) is 25.3 Å². The first-order valence-electron chi connectivity index (χ1n) is 4.28. The highest BCUT2D eigenvalue weighted by Gasteiger charge is 2.12. The molecule has 0 amide bonds. The summed E-state index contributed by atoms with van der Waals surface area (Å²) < 4.78 is 4.89. The van der Waals surface area contributed by atoms with Gasteiger partial charge in [0.05, 0.1) is 17.6 Å². The summed E-state index contributed by atoms with van der Waals surface area (Å²) in [6.07, 6.45) is 1.99. The summed E-state index contributed by atoms with van der Waals surface area (Å²) in [6.45, 7) is 0. The molecule has 0 aliphatic carbocycles. The van der Waals surface area contributed by atoms with E-state index >= 15 is 0 Å². The topological polar surface area (TPSA) is 89.7 Å². The van der Waals surface area contributed by atoms with Gasteiger partial charge in [0.2, 0.25) is 0 Å². The molecule has 1 aromatic rings. The lowest BCUT2D eigenvalue weighted by Gasteiger charge is -2.01. The number of nitrogens with zero attached hydrogens (tertiary/aromatic N) is 1. The Bertz CT molecular complexity index is 453. The van der Waals surface area contributed by atoms with Gasteiger partial charge in [-0.25, -0.2) is 4.79 Å². The number of aliphatic carboxylic acids is 1. The van der Waals surface area contributed by atoms with Gasteiger partial charge < -0.3 is 9.84 Å². The zero-order valence-corrected chi connectivity index (χ0v) is 8.41. The molecule has 6 heteroatoms. The number of hydrogen-bond donors (Lipinski definition) is 1. The molecule has 16 heavy (non-hydrogen) atoms. The van der Waals surface area contributed by atoms with Gasteiger partial charge in [-0.1, -0.05) is 0 Å². The number of carboxylic acids is 1. The van der Waals surface area contributed by atoms with Crippen molar-refractivity contribution in [1.29, 1.82) is 0 Å². The molecule has 1 aromatic carbocycles. The minimum Gasteiger partial charge on any atom is -0.497 e. The lowest BCUT2D eigenvalue weighted by Crippen LogP contribution is -1.93. The second-order valence-electron chi connectivity index (χ2n) is 2.85. The van der Waals surface area contributed by atoms with E-state index < -0.39 is 10.9 Å². The first-order valence-corrected chi connectivity index (χ1v) is 4.28. The van der Waals surface area contributed by atoms with E-state index in [1.807, 2.05) is 0 Å². The third kappa shape index (κ3) is 2.81. The van der Waals surface area contributed by atoms with Crippen LogP contribution in [0, 0.1) is 10.1 Å². The molecule has 1 N–H and O–H groups in total. The third-order valence-electron chi connectivity index (χ3n) is 1.84. The standard InChI is InChI=1S/C10H9NO5/c1-16-8-3-4-9(11(14)15)7(6-8)2-5-10(12)13/h2-6H,1H3,(H,12,13). The van der Waals surface area contributed by atoms with Crippen LogP contribution >= 0.6 is 0 Å². The molecule has 0 saturated carbocycles. The number of hydrogen-bond acceptors (Lipinski definition) is 4. The van der Waals surface area contributed by atoms with Gasteiger partial charge in [0, 0.05) is 12.1 Å². The number of rotatable bonds is 4. The van der Waals surface area contributed by atoms with Crippen molar-refractivity contribution in [2.24, 2.45) is 0 Å². The van der Waals surface area contributed by atoms with E-state index in [2.05, 4.69) is 0 Å². The third-order valence-corrected chi connectivity index (χ3v) is 1.84. The van der Waals surface area contributed by atoms with Crippen LogP contribution < -0.4 is 4.74 Å². The summed E-state index contributed by atoms with van der Waals surface area (Å²) in [5, 5.41) is 19.1. The highest BCUT2D eigenvalue weighted by molar-refractivity contribution is 5.86. The first-order chi connectivity index (χ1) is 7.54. The van der Waals surface area contributed by atoms with Crippen LogP contribution in [0.15, 0.2) is 24.3 Å². The Balaban J connectivity index is 3.20. The Labute approximate surface area is 90.9 Å². The molecule has 0 atom stereocenters. The van der Waals surface area contributed by atoms with Crippen LogP contribution in [0.25, 0.3) is 6.08 Å². The van der Waals surface area contributed by atoms with Crippen LogP contribution in [-0.2, 0) is 4.79 Å². The van der Waals surface area contributed by atoms with Crippen LogP contribution in [0.4, 0.5) is 5.69 Å². The van der Waals surface area contributed by atoms with Gasteiger partial charge in [0.15, 0.2) is 0 Å². The van der Waals surface area contributed by atoms with Gasteiger partial charge in [-0.3, -0.25) is 10.1 Å². The maximum absolute atomic E-state index is 10.6. The fraction of sp³-hybridized carbons (Fsp3) is 0.100. The molecule has 0 heterocycles. The molecule has 6 nitrogen and oxygen atoms in total. The molecule has 0 bridgehead atoms. The van der Waals surface area contributed by atoms with E-state index in [0.29, 0.717) is 5.75 Å². The Kier molecular flexibility index (Phi) is 3.60.